The van der Waals surface area contributed by atoms with Crippen molar-refractivity contribution in [3.63, 3.8) is 0 Å². The summed E-state index contributed by atoms with van der Waals surface area (Å²) < 4.78 is 14.1. The average molecular weight is 331 g/mol. The molecule has 0 radical (unpaired) electrons. The third kappa shape index (κ3) is 2.49. The van der Waals surface area contributed by atoms with Gasteiger partial charge in [-0.3, -0.25) is 4.79 Å². The van der Waals surface area contributed by atoms with E-state index >= 15 is 0 Å². The first-order chi connectivity index (χ1) is 8.63. The van der Waals surface area contributed by atoms with Gasteiger partial charge in [0.1, 0.15) is 23.1 Å². The van der Waals surface area contributed by atoms with Gasteiger partial charge in [0.15, 0.2) is 6.29 Å². The largest absolute Gasteiger partial charge is 0.336 e. The smallest absolute Gasteiger partial charge is 0.156 e. The number of carbonyl (C=O) groups is 1. The Morgan fingerprint density at radius 1 is 1.39 bits per heavy atom. The standard InChI is InChI=1S/C11H6BrClFN3O/c12-7-2-1-3-8(14)9(7)17-11-6(4-18)10(13)15-5-16-11/h1-5H,(H,15,16,17). The zero-order chi connectivity index (χ0) is 13.1. The highest BCUT2D eigenvalue weighted by Gasteiger charge is 2.13. The van der Waals surface area contributed by atoms with Crippen LogP contribution in [-0.2, 0) is 0 Å². The number of hydrogen-bond donors (Lipinski definition) is 1. The lowest BCUT2D eigenvalue weighted by molar-refractivity contribution is 0.112. The van der Waals surface area contributed by atoms with Crippen LogP contribution < -0.4 is 5.32 Å². The molecule has 0 bridgehead atoms. The van der Waals surface area contributed by atoms with Crippen molar-refractivity contribution >= 4 is 45.3 Å². The minimum atomic E-state index is -0.476. The number of nitrogens with zero attached hydrogens (tertiary/aromatic N) is 2. The first kappa shape index (κ1) is 12.9. The van der Waals surface area contributed by atoms with E-state index in [0.717, 1.165) is 0 Å². The average Bonchev–Trinajstić information content (AvgIpc) is 2.34. The minimum absolute atomic E-state index is 0.00922. The van der Waals surface area contributed by atoms with Crippen LogP contribution in [0.3, 0.4) is 0 Å². The molecule has 0 spiro atoms. The van der Waals surface area contributed by atoms with Gasteiger partial charge in [0.05, 0.1) is 11.3 Å². The number of aldehydes is 1. The molecule has 1 N–H and O–H groups in total. The molecule has 2 aromatic rings. The molecular formula is C11H6BrClFN3O. The highest BCUT2D eigenvalue weighted by atomic mass is 79.9. The number of para-hydroxylation sites is 1. The summed E-state index contributed by atoms with van der Waals surface area (Å²) in [7, 11) is 0. The van der Waals surface area contributed by atoms with Crippen LogP contribution in [0.25, 0.3) is 0 Å². The number of aromatic nitrogens is 2. The molecule has 92 valence electrons. The summed E-state index contributed by atoms with van der Waals surface area (Å²) in [6.07, 6.45) is 1.70. The zero-order valence-corrected chi connectivity index (χ0v) is 11.2. The zero-order valence-electron chi connectivity index (χ0n) is 8.82. The summed E-state index contributed by atoms with van der Waals surface area (Å²) in [4.78, 5) is 18.4. The first-order valence-corrected chi connectivity index (χ1v) is 5.97. The second-order valence-electron chi connectivity index (χ2n) is 3.27. The summed E-state index contributed by atoms with van der Waals surface area (Å²) in [5, 5.41) is 2.72. The van der Waals surface area contributed by atoms with Crippen molar-refractivity contribution in [2.75, 3.05) is 5.32 Å². The van der Waals surface area contributed by atoms with Gasteiger partial charge in [0.2, 0.25) is 0 Å². The number of benzene rings is 1. The lowest BCUT2D eigenvalue weighted by Crippen LogP contribution is -2.02. The topological polar surface area (TPSA) is 54.9 Å². The van der Waals surface area contributed by atoms with Gasteiger partial charge < -0.3 is 5.32 Å². The lowest BCUT2D eigenvalue weighted by atomic mass is 10.3. The molecule has 7 heteroatoms. The molecule has 2 rings (SSSR count). The van der Waals surface area contributed by atoms with Crippen molar-refractivity contribution < 1.29 is 9.18 Å². The van der Waals surface area contributed by atoms with Gasteiger partial charge in [-0.05, 0) is 28.1 Å². The van der Waals surface area contributed by atoms with Crippen molar-refractivity contribution in [2.24, 2.45) is 0 Å². The first-order valence-electron chi connectivity index (χ1n) is 4.80. The Kier molecular flexibility index (Phi) is 3.88. The Bertz CT molecular complexity index is 589. The summed E-state index contributed by atoms with van der Waals surface area (Å²) in [5.74, 6) is -0.327. The molecule has 1 aromatic carbocycles. The fourth-order valence-corrected chi connectivity index (χ4v) is 1.93. The van der Waals surface area contributed by atoms with Crippen LogP contribution in [0.4, 0.5) is 15.9 Å². The molecule has 0 saturated heterocycles. The van der Waals surface area contributed by atoms with Gasteiger partial charge >= 0.3 is 0 Å². The van der Waals surface area contributed by atoms with E-state index < -0.39 is 5.82 Å². The second-order valence-corrected chi connectivity index (χ2v) is 4.48. The fourth-order valence-electron chi connectivity index (χ4n) is 1.31. The molecule has 18 heavy (non-hydrogen) atoms. The van der Waals surface area contributed by atoms with Crippen LogP contribution >= 0.6 is 27.5 Å². The maximum Gasteiger partial charge on any atom is 0.156 e. The van der Waals surface area contributed by atoms with Gasteiger partial charge in [-0.25, -0.2) is 14.4 Å². The van der Waals surface area contributed by atoms with Crippen molar-refractivity contribution in [2.45, 2.75) is 0 Å². The molecule has 1 aromatic heterocycles. The van der Waals surface area contributed by atoms with Gasteiger partial charge in [0.25, 0.3) is 0 Å². The van der Waals surface area contributed by atoms with Gasteiger partial charge in [-0.2, -0.15) is 0 Å². The van der Waals surface area contributed by atoms with Crippen LogP contribution in [0.15, 0.2) is 29.0 Å². The van der Waals surface area contributed by atoms with E-state index in [4.69, 9.17) is 11.6 Å². The monoisotopic (exact) mass is 329 g/mol. The molecule has 0 amide bonds. The summed E-state index contributed by atoms with van der Waals surface area (Å²) in [6, 6.07) is 4.50. The lowest BCUT2D eigenvalue weighted by Gasteiger charge is -2.10. The molecule has 1 heterocycles. The number of carbonyl (C=O) groups excluding carboxylic acids is 1. The van der Waals surface area contributed by atoms with Crippen LogP contribution in [-0.4, -0.2) is 16.3 Å². The third-order valence-corrected chi connectivity index (χ3v) is 3.12. The van der Waals surface area contributed by atoms with E-state index in [2.05, 4.69) is 31.2 Å². The molecule has 4 nitrogen and oxygen atoms in total. The molecule has 0 aliphatic carbocycles. The number of rotatable bonds is 3. The van der Waals surface area contributed by atoms with E-state index in [-0.39, 0.29) is 22.2 Å². The highest BCUT2D eigenvalue weighted by Crippen LogP contribution is 2.29. The Labute approximate surface area is 115 Å². The summed E-state index contributed by atoms with van der Waals surface area (Å²) in [6.45, 7) is 0. The van der Waals surface area contributed by atoms with E-state index in [0.29, 0.717) is 10.8 Å². The maximum atomic E-state index is 13.6. The van der Waals surface area contributed by atoms with Gasteiger partial charge in [0, 0.05) is 4.47 Å². The molecule has 0 atom stereocenters. The summed E-state index contributed by atoms with van der Waals surface area (Å²) >= 11 is 8.95. The van der Waals surface area contributed by atoms with Crippen LogP contribution in [0.5, 0.6) is 0 Å². The van der Waals surface area contributed by atoms with Crippen molar-refractivity contribution in [3.8, 4) is 0 Å². The van der Waals surface area contributed by atoms with Gasteiger partial charge in [-0.15, -0.1) is 0 Å². The van der Waals surface area contributed by atoms with Gasteiger partial charge in [-0.1, -0.05) is 17.7 Å². The molecule has 0 saturated carbocycles. The SMILES string of the molecule is O=Cc1c(Cl)ncnc1Nc1c(F)cccc1Br. The Balaban J connectivity index is 2.46. The van der Waals surface area contributed by atoms with Crippen LogP contribution in [0, 0.1) is 5.82 Å². The summed E-state index contributed by atoms with van der Waals surface area (Å²) in [5.41, 5.74) is 0.254. The number of nitrogens with one attached hydrogen (secondary N) is 1. The van der Waals surface area contributed by atoms with E-state index in [1.165, 1.54) is 12.4 Å². The van der Waals surface area contributed by atoms with Crippen molar-refractivity contribution in [3.05, 3.63) is 45.5 Å². The predicted molar refractivity (Wildman–Crippen MR) is 69.8 cm³/mol. The normalized spacial score (nSPS) is 10.2. The third-order valence-electron chi connectivity index (χ3n) is 2.16. The molecule has 0 unspecified atom stereocenters. The number of halogens is 3. The van der Waals surface area contributed by atoms with Crippen molar-refractivity contribution in [1.82, 2.24) is 9.97 Å². The highest BCUT2D eigenvalue weighted by molar-refractivity contribution is 9.10. The molecular weight excluding hydrogens is 324 g/mol. The predicted octanol–water partition coefficient (Wildman–Crippen LogP) is 3.59. The van der Waals surface area contributed by atoms with E-state index in [9.17, 15) is 9.18 Å². The van der Waals surface area contributed by atoms with E-state index in [1.54, 1.807) is 12.1 Å². The van der Waals surface area contributed by atoms with E-state index in [1.807, 2.05) is 0 Å². The number of anilines is 2. The maximum absolute atomic E-state index is 13.6. The molecule has 0 fully saturated rings. The Hall–Kier alpha value is -1.53. The molecule has 0 aliphatic rings. The van der Waals surface area contributed by atoms with Crippen LogP contribution in [0.2, 0.25) is 5.15 Å². The Morgan fingerprint density at radius 2 is 2.17 bits per heavy atom. The quantitative estimate of drug-likeness (QED) is 0.690. The second kappa shape index (κ2) is 5.41. The van der Waals surface area contributed by atoms with Crippen molar-refractivity contribution in [1.29, 1.82) is 0 Å². The van der Waals surface area contributed by atoms with Crippen LogP contribution in [0.1, 0.15) is 10.4 Å². The molecule has 0 aliphatic heterocycles. The minimum Gasteiger partial charge on any atom is -0.336 e. The fraction of sp³-hybridized carbons (Fsp3) is 0. The Morgan fingerprint density at radius 3 is 2.83 bits per heavy atom. The number of hydrogen-bond acceptors (Lipinski definition) is 4.